The van der Waals surface area contributed by atoms with E-state index in [1.165, 1.54) is 12.7 Å². The number of imidazole rings is 1. The van der Waals surface area contributed by atoms with Crippen LogP contribution in [0.15, 0.2) is 25.3 Å². The van der Waals surface area contributed by atoms with Gasteiger partial charge in [-0.25, -0.2) is 15.0 Å². The molecule has 0 saturated carbocycles. The molecule has 0 radical (unpaired) electrons. The maximum Gasteiger partial charge on any atom is 0.167 e. The molecule has 9 nitrogen and oxygen atoms in total. The lowest BCUT2D eigenvalue weighted by Gasteiger charge is -2.21. The molecular formula is C13H17N5O4. The number of rotatable bonds is 5. The molecule has 4 atom stereocenters. The third kappa shape index (κ3) is 2.33. The van der Waals surface area contributed by atoms with Crippen molar-refractivity contribution in [2.24, 2.45) is 0 Å². The number of hydrogen-bond donors (Lipinski definition) is 3. The summed E-state index contributed by atoms with van der Waals surface area (Å²) in [6.07, 6.45) is 1.28. The van der Waals surface area contributed by atoms with E-state index < -0.39 is 24.5 Å². The Balaban J connectivity index is 1.99. The number of nitrogen functional groups attached to an aromatic ring is 1. The lowest BCUT2D eigenvalue weighted by atomic mass is 10.1. The molecule has 3 rings (SSSR count). The van der Waals surface area contributed by atoms with E-state index in [0.29, 0.717) is 11.2 Å². The van der Waals surface area contributed by atoms with Crippen LogP contribution in [0.25, 0.3) is 11.2 Å². The summed E-state index contributed by atoms with van der Waals surface area (Å²) in [5.74, 6) is 0.254. The molecule has 1 saturated heterocycles. The highest BCUT2D eigenvalue weighted by molar-refractivity contribution is 5.81. The number of aliphatic hydroxyl groups excluding tert-OH is 2. The summed E-state index contributed by atoms with van der Waals surface area (Å²) in [5.41, 5.74) is 6.67. The summed E-state index contributed by atoms with van der Waals surface area (Å²) in [5, 5.41) is 19.6. The Bertz CT molecular complexity index is 675. The molecule has 1 aliphatic rings. The van der Waals surface area contributed by atoms with E-state index in [-0.39, 0.29) is 19.0 Å². The van der Waals surface area contributed by atoms with Crippen molar-refractivity contribution in [1.29, 1.82) is 0 Å². The van der Waals surface area contributed by atoms with Gasteiger partial charge in [0.1, 0.15) is 30.2 Å². The number of aliphatic hydroxyl groups is 2. The molecule has 118 valence electrons. The Morgan fingerprint density at radius 1 is 1.45 bits per heavy atom. The average molecular weight is 307 g/mol. The second-order valence-corrected chi connectivity index (χ2v) is 4.91. The molecule has 2 aromatic heterocycles. The monoisotopic (exact) mass is 307 g/mol. The summed E-state index contributed by atoms with van der Waals surface area (Å²) in [7, 11) is 0. The topological polar surface area (TPSA) is 129 Å². The molecule has 4 N–H and O–H groups in total. The van der Waals surface area contributed by atoms with Gasteiger partial charge in [0.05, 0.1) is 19.5 Å². The van der Waals surface area contributed by atoms with Crippen LogP contribution in [0.5, 0.6) is 0 Å². The van der Waals surface area contributed by atoms with E-state index in [0.717, 1.165) is 0 Å². The minimum absolute atomic E-state index is 0.240. The first-order valence-corrected chi connectivity index (χ1v) is 6.77. The predicted molar refractivity (Wildman–Crippen MR) is 76.7 cm³/mol. The van der Waals surface area contributed by atoms with Crippen LogP contribution < -0.4 is 5.73 Å². The fourth-order valence-electron chi connectivity index (χ4n) is 2.51. The number of anilines is 1. The van der Waals surface area contributed by atoms with Crippen molar-refractivity contribution in [1.82, 2.24) is 19.5 Å². The van der Waals surface area contributed by atoms with Crippen LogP contribution in [-0.2, 0) is 9.47 Å². The standard InChI is InChI=1S/C13H17N5O4/c1-2-3-21-10-9(20)7(4-19)22-13(10)18-6-17-8-11(14)15-5-16-12(8)18/h2,5-7,9-10,13,19-20H,1,3-4H2,(H2,14,15,16)/t7-,9+,10-,13-/m1/s1. The van der Waals surface area contributed by atoms with Gasteiger partial charge in [-0.1, -0.05) is 6.08 Å². The van der Waals surface area contributed by atoms with Crippen molar-refractivity contribution in [3.8, 4) is 0 Å². The highest BCUT2D eigenvalue weighted by Crippen LogP contribution is 2.33. The number of aromatic nitrogens is 4. The zero-order valence-electron chi connectivity index (χ0n) is 11.7. The van der Waals surface area contributed by atoms with E-state index in [1.807, 2.05) is 0 Å². The summed E-state index contributed by atoms with van der Waals surface area (Å²) in [6, 6.07) is 0. The first-order valence-electron chi connectivity index (χ1n) is 6.77. The minimum atomic E-state index is -0.980. The van der Waals surface area contributed by atoms with Gasteiger partial charge in [0.15, 0.2) is 17.7 Å². The van der Waals surface area contributed by atoms with Crippen LogP contribution in [0.2, 0.25) is 0 Å². The highest BCUT2D eigenvalue weighted by Gasteiger charge is 2.45. The normalized spacial score (nSPS) is 28.3. The SMILES string of the molecule is C=CCO[C@@H]1[C@@H](O)[C@@H](CO)O[C@H]1n1cnc2c(N)ncnc21. The average Bonchev–Trinajstić information content (AvgIpc) is 3.07. The smallest absolute Gasteiger partial charge is 0.167 e. The first kappa shape index (κ1) is 14.9. The van der Waals surface area contributed by atoms with Crippen molar-refractivity contribution < 1.29 is 19.7 Å². The predicted octanol–water partition coefficient (Wildman–Crippen LogP) is -0.770. The summed E-state index contributed by atoms with van der Waals surface area (Å²) < 4.78 is 12.9. The van der Waals surface area contributed by atoms with Crippen LogP contribution in [0.3, 0.4) is 0 Å². The van der Waals surface area contributed by atoms with Crippen LogP contribution >= 0.6 is 0 Å². The van der Waals surface area contributed by atoms with Crippen LogP contribution in [-0.4, -0.2) is 61.3 Å². The Morgan fingerprint density at radius 3 is 3.00 bits per heavy atom. The van der Waals surface area contributed by atoms with Gasteiger partial charge >= 0.3 is 0 Å². The number of fused-ring (bicyclic) bond motifs is 1. The minimum Gasteiger partial charge on any atom is -0.394 e. The summed E-state index contributed by atoms with van der Waals surface area (Å²) >= 11 is 0. The van der Waals surface area contributed by atoms with Crippen LogP contribution in [0.1, 0.15) is 6.23 Å². The van der Waals surface area contributed by atoms with Crippen molar-refractivity contribution in [2.75, 3.05) is 18.9 Å². The van der Waals surface area contributed by atoms with Gasteiger partial charge in [-0.3, -0.25) is 4.57 Å². The maximum absolute atomic E-state index is 10.2. The molecular weight excluding hydrogens is 290 g/mol. The van der Waals surface area contributed by atoms with Crippen LogP contribution in [0, 0.1) is 0 Å². The van der Waals surface area contributed by atoms with Crippen molar-refractivity contribution >= 4 is 17.0 Å². The van der Waals surface area contributed by atoms with Crippen molar-refractivity contribution in [3.63, 3.8) is 0 Å². The molecule has 0 spiro atoms. The third-order valence-electron chi connectivity index (χ3n) is 3.56. The fraction of sp³-hybridized carbons (Fsp3) is 0.462. The molecule has 0 bridgehead atoms. The molecule has 0 amide bonds. The van der Waals surface area contributed by atoms with E-state index in [4.69, 9.17) is 15.2 Å². The molecule has 1 aliphatic heterocycles. The summed E-state index contributed by atoms with van der Waals surface area (Å²) in [4.78, 5) is 12.2. The number of hydrogen-bond acceptors (Lipinski definition) is 8. The van der Waals surface area contributed by atoms with Crippen molar-refractivity contribution in [3.05, 3.63) is 25.3 Å². The molecule has 0 unspecified atom stereocenters. The van der Waals surface area contributed by atoms with E-state index in [2.05, 4.69) is 21.5 Å². The van der Waals surface area contributed by atoms with E-state index >= 15 is 0 Å². The van der Waals surface area contributed by atoms with Crippen molar-refractivity contribution in [2.45, 2.75) is 24.5 Å². The van der Waals surface area contributed by atoms with Gasteiger partial charge in [-0.15, -0.1) is 6.58 Å². The van der Waals surface area contributed by atoms with Gasteiger partial charge in [-0.05, 0) is 0 Å². The number of nitrogens with zero attached hydrogens (tertiary/aromatic N) is 4. The summed E-state index contributed by atoms with van der Waals surface area (Å²) in [6.45, 7) is 3.50. The zero-order chi connectivity index (χ0) is 15.7. The quantitative estimate of drug-likeness (QED) is 0.614. The Kier molecular flexibility index (Phi) is 4.03. The number of ether oxygens (including phenoxy) is 2. The van der Waals surface area contributed by atoms with E-state index in [1.54, 1.807) is 10.6 Å². The van der Waals surface area contributed by atoms with Gasteiger partial charge in [0.2, 0.25) is 0 Å². The lowest BCUT2D eigenvalue weighted by molar-refractivity contribution is -0.0645. The molecule has 1 fully saturated rings. The van der Waals surface area contributed by atoms with Gasteiger partial charge in [0.25, 0.3) is 0 Å². The number of nitrogens with two attached hydrogens (primary N) is 1. The molecule has 3 heterocycles. The first-order chi connectivity index (χ1) is 10.7. The Hall–Kier alpha value is -2.07. The highest BCUT2D eigenvalue weighted by atomic mass is 16.6. The molecule has 2 aromatic rings. The Labute approximate surface area is 126 Å². The van der Waals surface area contributed by atoms with Gasteiger partial charge in [0, 0.05) is 0 Å². The molecule has 22 heavy (non-hydrogen) atoms. The zero-order valence-corrected chi connectivity index (χ0v) is 11.7. The largest absolute Gasteiger partial charge is 0.394 e. The Morgan fingerprint density at radius 2 is 2.27 bits per heavy atom. The second-order valence-electron chi connectivity index (χ2n) is 4.91. The molecule has 0 aliphatic carbocycles. The van der Waals surface area contributed by atoms with E-state index in [9.17, 15) is 10.2 Å². The maximum atomic E-state index is 10.2. The fourth-order valence-corrected chi connectivity index (χ4v) is 2.51. The second kappa shape index (κ2) is 5.97. The third-order valence-corrected chi connectivity index (χ3v) is 3.56. The van der Waals surface area contributed by atoms with Gasteiger partial charge < -0.3 is 25.4 Å². The van der Waals surface area contributed by atoms with Crippen LogP contribution in [0.4, 0.5) is 5.82 Å². The lowest BCUT2D eigenvalue weighted by Crippen LogP contribution is -2.35. The molecule has 0 aromatic carbocycles. The molecule has 9 heteroatoms. The van der Waals surface area contributed by atoms with Gasteiger partial charge in [-0.2, -0.15) is 0 Å².